The molecule has 0 aliphatic carbocycles. The molecule has 0 radical (unpaired) electrons. The van der Waals surface area contributed by atoms with Gasteiger partial charge in [0.2, 0.25) is 0 Å². The van der Waals surface area contributed by atoms with Crippen molar-refractivity contribution in [1.29, 1.82) is 0 Å². The van der Waals surface area contributed by atoms with Gasteiger partial charge in [0.1, 0.15) is 11.2 Å². The minimum atomic E-state index is 0.543. The van der Waals surface area contributed by atoms with Crippen molar-refractivity contribution in [1.82, 2.24) is 19.5 Å². The molecule has 0 spiro atoms. The Balaban J connectivity index is 1.21. The van der Waals surface area contributed by atoms with Gasteiger partial charge in [-0.1, -0.05) is 146 Å². The van der Waals surface area contributed by atoms with Crippen molar-refractivity contribution in [2.45, 2.75) is 0 Å². The molecule has 4 heterocycles. The quantitative estimate of drug-likeness (QED) is 0.179. The smallest absolute Gasteiger partial charge is 0.170 e. The maximum Gasteiger partial charge on any atom is 0.170 e. The summed E-state index contributed by atoms with van der Waals surface area (Å²) in [5, 5.41) is 11.5. The molecule has 0 atom stereocenters. The minimum absolute atomic E-state index is 0.543. The Morgan fingerprint density at radius 3 is 1.88 bits per heavy atom. The fraction of sp³-hybridized carbons (Fsp3) is 0. The highest BCUT2D eigenvalue weighted by atomic mass is 32.1. The van der Waals surface area contributed by atoms with Crippen LogP contribution in [0.2, 0.25) is 0 Å². The summed E-state index contributed by atoms with van der Waals surface area (Å²) in [5.74, 6) is 1.74. The summed E-state index contributed by atoms with van der Waals surface area (Å²) in [6.07, 6.45) is 0. The van der Waals surface area contributed by atoms with E-state index in [1.807, 2.05) is 24.3 Å². The van der Waals surface area contributed by atoms with Crippen molar-refractivity contribution in [3.05, 3.63) is 182 Å². The van der Waals surface area contributed by atoms with E-state index in [-0.39, 0.29) is 0 Å². The Labute approximate surface area is 341 Å². The van der Waals surface area contributed by atoms with E-state index in [1.54, 1.807) is 11.3 Å². The van der Waals surface area contributed by atoms with E-state index in [9.17, 15) is 0 Å². The summed E-state index contributed by atoms with van der Waals surface area (Å²) in [7, 11) is 0. The van der Waals surface area contributed by atoms with Crippen LogP contribution in [-0.2, 0) is 0 Å². The lowest BCUT2D eigenvalue weighted by Crippen LogP contribution is -2.05. The van der Waals surface area contributed by atoms with Crippen LogP contribution in [0, 0.1) is 0 Å². The Morgan fingerprint density at radius 1 is 0.407 bits per heavy atom. The van der Waals surface area contributed by atoms with E-state index in [0.717, 1.165) is 66.1 Å². The second kappa shape index (κ2) is 12.4. The molecule has 13 rings (SSSR count). The van der Waals surface area contributed by atoms with Gasteiger partial charge in [-0.15, -0.1) is 11.3 Å². The molecule has 0 bridgehead atoms. The minimum Gasteiger partial charge on any atom is -0.455 e. The molecule has 0 N–H and O–H groups in total. The maximum absolute atomic E-state index is 7.05. The van der Waals surface area contributed by atoms with E-state index in [1.165, 1.54) is 41.7 Å². The van der Waals surface area contributed by atoms with E-state index >= 15 is 0 Å². The normalized spacial score (nSPS) is 12.1. The van der Waals surface area contributed by atoms with Gasteiger partial charge in [0.15, 0.2) is 17.5 Å². The number of aromatic nitrogens is 4. The monoisotopic (exact) mass is 770 g/mol. The lowest BCUT2D eigenvalue weighted by Gasteiger charge is -2.18. The van der Waals surface area contributed by atoms with Crippen LogP contribution in [0.4, 0.5) is 0 Å². The molecule has 0 aliphatic heterocycles. The van der Waals surface area contributed by atoms with Gasteiger partial charge in [0, 0.05) is 58.2 Å². The molecule has 5 nitrogen and oxygen atoms in total. The lowest BCUT2D eigenvalue weighted by molar-refractivity contribution is 0.669. The summed E-state index contributed by atoms with van der Waals surface area (Å²) in [6.45, 7) is 0. The highest BCUT2D eigenvalue weighted by Gasteiger charge is 2.28. The Bertz CT molecular complexity index is 3860. The molecule has 0 fully saturated rings. The molecule has 13 aromatic rings. The number of hydrogen-bond acceptors (Lipinski definition) is 5. The average molecular weight is 771 g/mol. The van der Waals surface area contributed by atoms with Crippen LogP contribution in [0.25, 0.3) is 125 Å². The van der Waals surface area contributed by atoms with Crippen molar-refractivity contribution >= 4 is 96.8 Å². The zero-order chi connectivity index (χ0) is 38.6. The van der Waals surface area contributed by atoms with Gasteiger partial charge in [0.05, 0.1) is 22.3 Å². The van der Waals surface area contributed by atoms with E-state index in [4.69, 9.17) is 19.4 Å². The predicted octanol–water partition coefficient (Wildman–Crippen LogP) is 14.5. The van der Waals surface area contributed by atoms with Crippen LogP contribution in [0.1, 0.15) is 0 Å². The summed E-state index contributed by atoms with van der Waals surface area (Å²) >= 11 is 1.79. The van der Waals surface area contributed by atoms with Crippen LogP contribution in [0.5, 0.6) is 0 Å². The van der Waals surface area contributed by atoms with Gasteiger partial charge in [-0.3, -0.25) is 0 Å². The van der Waals surface area contributed by atoms with Crippen molar-refractivity contribution < 1.29 is 4.42 Å². The SMILES string of the molecule is c1ccc(-c2nc(-c3ccc4c(c3)sc3ccccc34)nc(-c3c(-n4c5ccccc5c5cc6ccccc6cc54)c4ccccc4c4c3oc3ccccc34)n2)cc1. The summed E-state index contributed by atoms with van der Waals surface area (Å²) in [4.78, 5) is 16.1. The number of thiophene rings is 1. The van der Waals surface area contributed by atoms with Crippen molar-refractivity contribution in [2.24, 2.45) is 0 Å². The van der Waals surface area contributed by atoms with Crippen molar-refractivity contribution in [3.63, 3.8) is 0 Å². The third-order valence-electron chi connectivity index (χ3n) is 11.8. The van der Waals surface area contributed by atoms with Crippen LogP contribution in [0.3, 0.4) is 0 Å². The highest BCUT2D eigenvalue weighted by molar-refractivity contribution is 7.25. The number of benzene rings is 9. The summed E-state index contributed by atoms with van der Waals surface area (Å²) in [5.41, 5.74) is 7.35. The van der Waals surface area contributed by atoms with Crippen LogP contribution in [0.15, 0.2) is 186 Å². The van der Waals surface area contributed by atoms with Gasteiger partial charge in [-0.05, 0) is 52.6 Å². The molecular formula is C53H30N4OS. The second-order valence-electron chi connectivity index (χ2n) is 15.1. The first-order valence-electron chi connectivity index (χ1n) is 19.8. The van der Waals surface area contributed by atoms with Gasteiger partial charge < -0.3 is 8.98 Å². The second-order valence-corrected chi connectivity index (χ2v) is 16.2. The highest BCUT2D eigenvalue weighted by Crippen LogP contribution is 2.48. The standard InChI is InChI=1S/C53H30N4OS/c1-2-14-31(15-3-1)51-54-52(34-26-27-37-36-19-10-13-25-45(36)59-46(37)30-34)56-53(55-51)48-49(39-21-7-6-20-38(39)47-40-22-9-12-24-44(40)58-50(47)48)57-42-23-11-8-18-35(42)41-28-32-16-4-5-17-33(32)29-43(41)57/h1-30H. The summed E-state index contributed by atoms with van der Waals surface area (Å²) < 4.78 is 11.9. The molecule has 6 heteroatoms. The molecule has 59 heavy (non-hydrogen) atoms. The molecule has 0 amide bonds. The van der Waals surface area contributed by atoms with Gasteiger partial charge in [0.25, 0.3) is 0 Å². The molecule has 0 unspecified atom stereocenters. The van der Waals surface area contributed by atoms with Crippen LogP contribution in [-0.4, -0.2) is 19.5 Å². The van der Waals surface area contributed by atoms with E-state index in [0.29, 0.717) is 17.5 Å². The van der Waals surface area contributed by atoms with Crippen LogP contribution < -0.4 is 0 Å². The fourth-order valence-corrected chi connectivity index (χ4v) is 10.3. The average Bonchev–Trinajstić information content (AvgIpc) is 3.97. The number of furan rings is 1. The van der Waals surface area contributed by atoms with Crippen LogP contribution >= 0.6 is 11.3 Å². The lowest BCUT2D eigenvalue weighted by atomic mass is 9.96. The van der Waals surface area contributed by atoms with Gasteiger partial charge >= 0.3 is 0 Å². The zero-order valence-corrected chi connectivity index (χ0v) is 32.2. The van der Waals surface area contributed by atoms with Crippen molar-refractivity contribution in [3.8, 4) is 39.9 Å². The number of hydrogen-bond donors (Lipinski definition) is 0. The molecule has 0 aliphatic rings. The zero-order valence-electron chi connectivity index (χ0n) is 31.4. The molecule has 4 aromatic heterocycles. The first-order chi connectivity index (χ1) is 29.2. The van der Waals surface area contributed by atoms with E-state index < -0.39 is 0 Å². The van der Waals surface area contributed by atoms with Gasteiger partial charge in [-0.2, -0.15) is 0 Å². The predicted molar refractivity (Wildman–Crippen MR) is 246 cm³/mol. The maximum atomic E-state index is 7.05. The number of para-hydroxylation sites is 2. The molecule has 274 valence electrons. The van der Waals surface area contributed by atoms with Gasteiger partial charge in [-0.25, -0.2) is 15.0 Å². The third kappa shape index (κ3) is 4.81. The largest absolute Gasteiger partial charge is 0.455 e. The number of nitrogens with zero attached hydrogens (tertiary/aromatic N) is 4. The third-order valence-corrected chi connectivity index (χ3v) is 12.9. The Morgan fingerprint density at radius 2 is 1.03 bits per heavy atom. The number of rotatable bonds is 4. The summed E-state index contributed by atoms with van der Waals surface area (Å²) in [6, 6.07) is 64.3. The van der Waals surface area contributed by atoms with E-state index in [2.05, 4.69) is 162 Å². The Hall–Kier alpha value is -7.67. The Kier molecular flexibility index (Phi) is 6.82. The topological polar surface area (TPSA) is 56.7 Å². The molecular weight excluding hydrogens is 741 g/mol. The fourth-order valence-electron chi connectivity index (χ4n) is 9.17. The molecule has 0 saturated carbocycles. The molecule has 0 saturated heterocycles. The first-order valence-corrected chi connectivity index (χ1v) is 20.6. The molecule has 9 aromatic carbocycles. The first kappa shape index (κ1) is 32.4. The van der Waals surface area contributed by atoms with Crippen molar-refractivity contribution in [2.75, 3.05) is 0 Å². The number of fused-ring (bicyclic) bond motifs is 12.